The fourth-order valence-electron chi connectivity index (χ4n) is 3.86. The molecule has 3 aromatic rings. The summed E-state index contributed by atoms with van der Waals surface area (Å²) in [6, 6.07) is 22.7. The number of benzene rings is 3. The number of likely N-dealkylation sites (tertiary alicyclic amines) is 1. The van der Waals surface area contributed by atoms with Crippen LogP contribution in [0.25, 0.3) is 0 Å². The molecule has 0 radical (unpaired) electrons. The number of anilines is 2. The van der Waals surface area contributed by atoms with Crippen LogP contribution in [0.15, 0.2) is 78.9 Å². The number of esters is 1. The first-order valence-corrected chi connectivity index (χ1v) is 11.2. The topological polar surface area (TPSA) is 105 Å². The SMILES string of the molecule is CC(=O)Oc1cccc(C(=O)Nc2ccc(NC(=O)C3CC(=O)N(Cc4ccccc4)C3)cc2)c1. The van der Waals surface area contributed by atoms with E-state index >= 15 is 0 Å². The van der Waals surface area contributed by atoms with Crippen molar-refractivity contribution in [1.82, 2.24) is 4.90 Å². The summed E-state index contributed by atoms with van der Waals surface area (Å²) in [7, 11) is 0. The van der Waals surface area contributed by atoms with Gasteiger partial charge in [-0.25, -0.2) is 0 Å². The summed E-state index contributed by atoms with van der Waals surface area (Å²) in [4.78, 5) is 50.4. The van der Waals surface area contributed by atoms with Gasteiger partial charge < -0.3 is 20.3 Å². The van der Waals surface area contributed by atoms with E-state index in [0.717, 1.165) is 5.56 Å². The van der Waals surface area contributed by atoms with Crippen LogP contribution in [-0.2, 0) is 20.9 Å². The molecule has 35 heavy (non-hydrogen) atoms. The van der Waals surface area contributed by atoms with E-state index in [1.54, 1.807) is 47.4 Å². The highest BCUT2D eigenvalue weighted by molar-refractivity contribution is 6.04. The Kier molecular flexibility index (Phi) is 7.21. The number of hydrogen-bond donors (Lipinski definition) is 2. The second kappa shape index (κ2) is 10.6. The van der Waals surface area contributed by atoms with Gasteiger partial charge in [0.25, 0.3) is 5.91 Å². The van der Waals surface area contributed by atoms with Crippen LogP contribution in [0, 0.1) is 5.92 Å². The molecular formula is C27H25N3O5. The molecule has 1 aliphatic heterocycles. The number of amides is 3. The summed E-state index contributed by atoms with van der Waals surface area (Å²) >= 11 is 0. The minimum absolute atomic E-state index is 0.0372. The maximum atomic E-state index is 12.7. The monoisotopic (exact) mass is 471 g/mol. The average Bonchev–Trinajstić information content (AvgIpc) is 3.21. The van der Waals surface area contributed by atoms with Crippen LogP contribution in [0.2, 0.25) is 0 Å². The fourth-order valence-corrected chi connectivity index (χ4v) is 3.86. The predicted molar refractivity (Wildman–Crippen MR) is 131 cm³/mol. The second-order valence-electron chi connectivity index (χ2n) is 8.30. The third-order valence-corrected chi connectivity index (χ3v) is 5.57. The van der Waals surface area contributed by atoms with E-state index < -0.39 is 11.9 Å². The molecule has 1 saturated heterocycles. The highest BCUT2D eigenvalue weighted by Gasteiger charge is 2.34. The lowest BCUT2D eigenvalue weighted by Gasteiger charge is -2.16. The van der Waals surface area contributed by atoms with Crippen LogP contribution < -0.4 is 15.4 Å². The number of nitrogens with one attached hydrogen (secondary N) is 2. The van der Waals surface area contributed by atoms with E-state index in [2.05, 4.69) is 10.6 Å². The molecule has 178 valence electrons. The highest BCUT2D eigenvalue weighted by Crippen LogP contribution is 2.23. The zero-order chi connectivity index (χ0) is 24.8. The molecule has 2 N–H and O–H groups in total. The van der Waals surface area contributed by atoms with E-state index in [1.807, 2.05) is 30.3 Å². The Hall–Kier alpha value is -4.46. The van der Waals surface area contributed by atoms with Crippen LogP contribution in [0.3, 0.4) is 0 Å². The zero-order valence-corrected chi connectivity index (χ0v) is 19.2. The lowest BCUT2D eigenvalue weighted by atomic mass is 10.1. The molecule has 4 rings (SSSR count). The minimum Gasteiger partial charge on any atom is -0.427 e. The Morgan fingerprint density at radius 3 is 2.29 bits per heavy atom. The summed E-state index contributed by atoms with van der Waals surface area (Å²) in [5.41, 5.74) is 2.47. The van der Waals surface area contributed by atoms with E-state index in [1.165, 1.54) is 13.0 Å². The van der Waals surface area contributed by atoms with Gasteiger partial charge in [-0.3, -0.25) is 19.2 Å². The van der Waals surface area contributed by atoms with Crippen molar-refractivity contribution in [2.75, 3.05) is 17.2 Å². The van der Waals surface area contributed by atoms with Crippen molar-refractivity contribution in [1.29, 1.82) is 0 Å². The summed E-state index contributed by atoms with van der Waals surface area (Å²) in [5.74, 6) is -1.21. The number of carbonyl (C=O) groups is 4. The van der Waals surface area contributed by atoms with Gasteiger partial charge in [0.05, 0.1) is 5.92 Å². The third-order valence-electron chi connectivity index (χ3n) is 5.57. The van der Waals surface area contributed by atoms with Crippen molar-refractivity contribution in [3.05, 3.63) is 90.0 Å². The van der Waals surface area contributed by atoms with Crippen LogP contribution in [0.5, 0.6) is 5.75 Å². The van der Waals surface area contributed by atoms with Crippen molar-refractivity contribution in [3.63, 3.8) is 0 Å². The molecule has 8 nitrogen and oxygen atoms in total. The molecule has 1 heterocycles. The molecule has 0 saturated carbocycles. The molecule has 3 amide bonds. The molecule has 0 spiro atoms. The first-order chi connectivity index (χ1) is 16.9. The van der Waals surface area contributed by atoms with Crippen molar-refractivity contribution in [3.8, 4) is 5.75 Å². The standard InChI is InChI=1S/C27H25N3O5/c1-18(31)35-24-9-5-8-20(14-24)26(33)28-22-10-12-23(13-11-22)29-27(34)21-15-25(32)30(17-21)16-19-6-3-2-4-7-19/h2-14,21H,15-17H2,1H3,(H,28,33)(H,29,34). The third kappa shape index (κ3) is 6.32. The molecule has 8 heteroatoms. The first kappa shape index (κ1) is 23.7. The van der Waals surface area contributed by atoms with E-state index in [4.69, 9.17) is 4.74 Å². The van der Waals surface area contributed by atoms with Crippen LogP contribution >= 0.6 is 0 Å². The molecule has 1 aliphatic rings. The number of nitrogens with zero attached hydrogens (tertiary/aromatic N) is 1. The Morgan fingerprint density at radius 2 is 1.60 bits per heavy atom. The lowest BCUT2D eigenvalue weighted by Crippen LogP contribution is -2.28. The Morgan fingerprint density at radius 1 is 0.914 bits per heavy atom. The maximum absolute atomic E-state index is 12.7. The maximum Gasteiger partial charge on any atom is 0.308 e. The molecule has 0 bridgehead atoms. The summed E-state index contributed by atoms with van der Waals surface area (Å²) < 4.78 is 5.01. The van der Waals surface area contributed by atoms with Crippen molar-refractivity contribution in [2.45, 2.75) is 19.9 Å². The normalized spacial score (nSPS) is 14.9. The lowest BCUT2D eigenvalue weighted by molar-refractivity contribution is -0.132. The zero-order valence-electron chi connectivity index (χ0n) is 19.2. The van der Waals surface area contributed by atoms with Gasteiger partial charge in [0.1, 0.15) is 5.75 Å². The van der Waals surface area contributed by atoms with E-state index in [9.17, 15) is 19.2 Å². The number of hydrogen-bond acceptors (Lipinski definition) is 5. The fraction of sp³-hybridized carbons (Fsp3) is 0.185. The van der Waals surface area contributed by atoms with Gasteiger partial charge in [0, 0.05) is 43.4 Å². The molecular weight excluding hydrogens is 446 g/mol. The van der Waals surface area contributed by atoms with Crippen LogP contribution in [0.4, 0.5) is 11.4 Å². The van der Waals surface area contributed by atoms with Crippen LogP contribution in [-0.4, -0.2) is 35.1 Å². The summed E-state index contributed by atoms with van der Waals surface area (Å²) in [5, 5.41) is 5.61. The van der Waals surface area contributed by atoms with E-state index in [0.29, 0.717) is 30.0 Å². The highest BCUT2D eigenvalue weighted by atomic mass is 16.5. The quantitative estimate of drug-likeness (QED) is 0.402. The van der Waals surface area contributed by atoms with Crippen molar-refractivity contribution in [2.24, 2.45) is 5.92 Å². The molecule has 0 aliphatic carbocycles. The molecule has 1 fully saturated rings. The van der Waals surface area contributed by atoms with Crippen LogP contribution in [0.1, 0.15) is 29.3 Å². The van der Waals surface area contributed by atoms with E-state index in [-0.39, 0.29) is 29.9 Å². The Labute approximate surface area is 202 Å². The Bertz CT molecular complexity index is 1240. The first-order valence-electron chi connectivity index (χ1n) is 11.2. The van der Waals surface area contributed by atoms with Gasteiger partial charge in [-0.2, -0.15) is 0 Å². The summed E-state index contributed by atoms with van der Waals surface area (Å²) in [6.45, 7) is 2.15. The number of rotatable bonds is 7. The van der Waals surface area contributed by atoms with Gasteiger partial charge in [-0.05, 0) is 48.0 Å². The summed E-state index contributed by atoms with van der Waals surface area (Å²) in [6.07, 6.45) is 0.180. The average molecular weight is 472 g/mol. The van der Waals surface area contributed by atoms with Gasteiger partial charge in [0.2, 0.25) is 11.8 Å². The second-order valence-corrected chi connectivity index (χ2v) is 8.30. The molecule has 3 aromatic carbocycles. The molecule has 0 aromatic heterocycles. The van der Waals surface area contributed by atoms with Crippen molar-refractivity contribution >= 4 is 35.1 Å². The van der Waals surface area contributed by atoms with Gasteiger partial charge in [0.15, 0.2) is 0 Å². The minimum atomic E-state index is -0.467. The smallest absolute Gasteiger partial charge is 0.308 e. The largest absolute Gasteiger partial charge is 0.427 e. The Balaban J connectivity index is 1.31. The molecule has 1 atom stereocenters. The number of ether oxygens (including phenoxy) is 1. The molecule has 1 unspecified atom stereocenters. The van der Waals surface area contributed by atoms with Gasteiger partial charge in [-0.1, -0.05) is 36.4 Å². The predicted octanol–water partition coefficient (Wildman–Crippen LogP) is 3.85. The van der Waals surface area contributed by atoms with Crippen molar-refractivity contribution < 1.29 is 23.9 Å². The number of carbonyl (C=O) groups excluding carboxylic acids is 4. The van der Waals surface area contributed by atoms with Gasteiger partial charge >= 0.3 is 5.97 Å². The van der Waals surface area contributed by atoms with Gasteiger partial charge in [-0.15, -0.1) is 0 Å².